The molecule has 0 unspecified atom stereocenters. The summed E-state index contributed by atoms with van der Waals surface area (Å²) in [6, 6.07) is 3.03. The number of aromatic amines is 2. The fraction of sp³-hybridized carbons (Fsp3) is 0.100. The molecule has 5 nitrogen and oxygen atoms in total. The molecule has 0 aliphatic carbocycles. The summed E-state index contributed by atoms with van der Waals surface area (Å²) in [6.07, 6.45) is 1.16. The van der Waals surface area contributed by atoms with E-state index < -0.39 is 17.2 Å². The molecule has 0 aromatic carbocycles. The Kier molecular flexibility index (Phi) is 2.40. The average Bonchev–Trinajstić information content (AvgIpc) is 2.19. The van der Waals surface area contributed by atoms with Gasteiger partial charge < -0.3 is 4.98 Å². The third-order valence-electron chi connectivity index (χ3n) is 2.10. The van der Waals surface area contributed by atoms with E-state index in [0.29, 0.717) is 5.69 Å². The molecule has 0 fully saturated rings. The first-order valence-corrected chi connectivity index (χ1v) is 4.53. The molecule has 2 aromatic rings. The zero-order chi connectivity index (χ0) is 11.7. The molecule has 0 saturated carbocycles. The summed E-state index contributed by atoms with van der Waals surface area (Å²) in [6.45, 7) is 1.64. The maximum absolute atomic E-state index is 13.5. The van der Waals surface area contributed by atoms with E-state index in [1.54, 1.807) is 13.0 Å². The first-order chi connectivity index (χ1) is 7.58. The van der Waals surface area contributed by atoms with Gasteiger partial charge in [-0.3, -0.25) is 9.78 Å². The highest BCUT2D eigenvalue weighted by Crippen LogP contribution is 2.16. The van der Waals surface area contributed by atoms with Gasteiger partial charge in [0.2, 0.25) is 5.95 Å². The molecule has 2 rings (SSSR count). The van der Waals surface area contributed by atoms with Crippen molar-refractivity contribution in [1.29, 1.82) is 0 Å². The normalized spacial score (nSPS) is 10.4. The number of hydrogen-bond donors (Lipinski definition) is 2. The number of nitrogens with zero attached hydrogens (tertiary/aromatic N) is 1. The molecule has 0 aliphatic heterocycles. The van der Waals surface area contributed by atoms with Crippen molar-refractivity contribution < 1.29 is 4.39 Å². The van der Waals surface area contributed by atoms with Gasteiger partial charge in [0.25, 0.3) is 5.56 Å². The van der Waals surface area contributed by atoms with Gasteiger partial charge in [0, 0.05) is 17.5 Å². The number of hydrogen-bond acceptors (Lipinski definition) is 3. The van der Waals surface area contributed by atoms with E-state index in [0.717, 1.165) is 6.20 Å². The van der Waals surface area contributed by atoms with E-state index >= 15 is 0 Å². The summed E-state index contributed by atoms with van der Waals surface area (Å²) in [5.41, 5.74) is -0.655. The lowest BCUT2D eigenvalue weighted by Gasteiger charge is -2.01. The topological polar surface area (TPSA) is 78.6 Å². The Hall–Kier alpha value is -2.24. The second-order valence-electron chi connectivity index (χ2n) is 3.28. The van der Waals surface area contributed by atoms with Crippen LogP contribution in [0.4, 0.5) is 4.39 Å². The van der Waals surface area contributed by atoms with Crippen molar-refractivity contribution >= 4 is 0 Å². The average molecular weight is 221 g/mol. The van der Waals surface area contributed by atoms with E-state index in [1.165, 1.54) is 6.07 Å². The molecule has 16 heavy (non-hydrogen) atoms. The van der Waals surface area contributed by atoms with Gasteiger partial charge in [-0.1, -0.05) is 0 Å². The van der Waals surface area contributed by atoms with Crippen LogP contribution >= 0.6 is 0 Å². The van der Waals surface area contributed by atoms with Gasteiger partial charge in [0.05, 0.1) is 5.56 Å². The number of rotatable bonds is 1. The molecule has 2 aromatic heterocycles. The number of H-pyrrole nitrogens is 2. The third kappa shape index (κ3) is 1.77. The van der Waals surface area contributed by atoms with Crippen molar-refractivity contribution in [1.82, 2.24) is 15.0 Å². The molecule has 0 bridgehead atoms. The van der Waals surface area contributed by atoms with E-state index in [2.05, 4.69) is 9.97 Å². The summed E-state index contributed by atoms with van der Waals surface area (Å²) in [7, 11) is 0. The van der Waals surface area contributed by atoms with Crippen LogP contribution < -0.4 is 11.2 Å². The quantitative estimate of drug-likeness (QED) is 0.691. The number of aromatic nitrogens is 3. The molecular weight excluding hydrogens is 213 g/mol. The standard InChI is InChI=1S/C10H8FN3O2/c1-5-2-3-6(8(11)13-5)7-4-12-10(16)14-9(7)15/h2-4H,1H3,(H2,12,14,15,16). The highest BCUT2D eigenvalue weighted by Gasteiger charge is 2.10. The minimum Gasteiger partial charge on any atom is -0.313 e. The maximum Gasteiger partial charge on any atom is 0.325 e. The largest absolute Gasteiger partial charge is 0.325 e. The number of aryl methyl sites for hydroxylation is 1. The maximum atomic E-state index is 13.5. The van der Waals surface area contributed by atoms with Gasteiger partial charge in [-0.15, -0.1) is 0 Å². The Morgan fingerprint density at radius 2 is 2.00 bits per heavy atom. The summed E-state index contributed by atoms with van der Waals surface area (Å²) in [5.74, 6) is -0.738. The second kappa shape index (κ2) is 3.73. The Morgan fingerprint density at radius 1 is 1.25 bits per heavy atom. The first-order valence-electron chi connectivity index (χ1n) is 4.53. The van der Waals surface area contributed by atoms with Crippen LogP contribution in [0.3, 0.4) is 0 Å². The van der Waals surface area contributed by atoms with E-state index in [1.807, 2.05) is 4.98 Å². The van der Waals surface area contributed by atoms with E-state index in [-0.39, 0.29) is 11.1 Å². The Bertz CT molecular complexity index is 645. The minimum absolute atomic E-state index is 0.0459. The predicted molar refractivity (Wildman–Crippen MR) is 55.6 cm³/mol. The highest BCUT2D eigenvalue weighted by molar-refractivity contribution is 5.60. The van der Waals surface area contributed by atoms with Crippen molar-refractivity contribution in [2.75, 3.05) is 0 Å². The lowest BCUT2D eigenvalue weighted by Crippen LogP contribution is -2.22. The van der Waals surface area contributed by atoms with Crippen molar-refractivity contribution in [3.63, 3.8) is 0 Å². The summed E-state index contributed by atoms with van der Waals surface area (Å²) >= 11 is 0. The summed E-state index contributed by atoms with van der Waals surface area (Å²) in [4.78, 5) is 30.1. The van der Waals surface area contributed by atoms with Crippen molar-refractivity contribution in [3.05, 3.63) is 50.8 Å². The van der Waals surface area contributed by atoms with Gasteiger partial charge in [-0.2, -0.15) is 4.39 Å². The molecule has 0 amide bonds. The molecule has 0 spiro atoms. The number of nitrogens with one attached hydrogen (secondary N) is 2. The van der Waals surface area contributed by atoms with Crippen molar-refractivity contribution in [2.45, 2.75) is 6.92 Å². The van der Waals surface area contributed by atoms with Crippen molar-refractivity contribution in [3.8, 4) is 11.1 Å². The lowest BCUT2D eigenvalue weighted by atomic mass is 10.1. The minimum atomic E-state index is -0.738. The summed E-state index contributed by atoms with van der Waals surface area (Å²) < 4.78 is 13.5. The van der Waals surface area contributed by atoms with Crippen LogP contribution in [-0.4, -0.2) is 15.0 Å². The molecule has 0 saturated heterocycles. The lowest BCUT2D eigenvalue weighted by molar-refractivity contribution is 0.583. The zero-order valence-electron chi connectivity index (χ0n) is 8.37. The monoisotopic (exact) mass is 221 g/mol. The fourth-order valence-electron chi connectivity index (χ4n) is 1.34. The van der Waals surface area contributed by atoms with E-state index in [4.69, 9.17) is 0 Å². The third-order valence-corrected chi connectivity index (χ3v) is 2.10. The molecule has 0 atom stereocenters. The SMILES string of the molecule is Cc1ccc(-c2c[nH]c(=O)[nH]c2=O)c(F)n1. The fourth-order valence-corrected chi connectivity index (χ4v) is 1.34. The summed E-state index contributed by atoms with van der Waals surface area (Å²) in [5, 5.41) is 0. The van der Waals surface area contributed by atoms with Crippen molar-refractivity contribution in [2.24, 2.45) is 0 Å². The molecule has 0 aliphatic rings. The molecule has 2 N–H and O–H groups in total. The second-order valence-corrected chi connectivity index (χ2v) is 3.28. The van der Waals surface area contributed by atoms with Crippen LogP contribution in [0, 0.1) is 12.9 Å². The molecule has 2 heterocycles. The zero-order valence-corrected chi connectivity index (χ0v) is 8.37. The number of halogens is 1. The van der Waals surface area contributed by atoms with Crippen LogP contribution in [-0.2, 0) is 0 Å². The highest BCUT2D eigenvalue weighted by atomic mass is 19.1. The van der Waals surface area contributed by atoms with Gasteiger partial charge in [-0.25, -0.2) is 9.78 Å². The van der Waals surface area contributed by atoms with Crippen LogP contribution in [0.1, 0.15) is 5.69 Å². The molecule has 0 radical (unpaired) electrons. The first kappa shape index (κ1) is 10.3. The smallest absolute Gasteiger partial charge is 0.313 e. The number of pyridine rings is 1. The predicted octanol–water partition coefficient (Wildman–Crippen LogP) is 0.573. The van der Waals surface area contributed by atoms with Gasteiger partial charge in [0.15, 0.2) is 0 Å². The van der Waals surface area contributed by atoms with Crippen LogP contribution in [0.15, 0.2) is 27.9 Å². The Morgan fingerprint density at radius 3 is 2.62 bits per heavy atom. The van der Waals surface area contributed by atoms with Gasteiger partial charge in [0.1, 0.15) is 0 Å². The van der Waals surface area contributed by atoms with Crippen LogP contribution in [0.2, 0.25) is 0 Å². The molecule has 82 valence electrons. The Balaban J connectivity index is 2.68. The van der Waals surface area contributed by atoms with Gasteiger partial charge >= 0.3 is 5.69 Å². The van der Waals surface area contributed by atoms with Crippen LogP contribution in [0.5, 0.6) is 0 Å². The molecule has 6 heteroatoms. The molecular formula is C10H8FN3O2. The van der Waals surface area contributed by atoms with Crippen LogP contribution in [0.25, 0.3) is 11.1 Å². The van der Waals surface area contributed by atoms with Gasteiger partial charge in [-0.05, 0) is 19.1 Å². The Labute approximate surface area is 89.0 Å². The van der Waals surface area contributed by atoms with E-state index in [9.17, 15) is 14.0 Å².